The van der Waals surface area contributed by atoms with E-state index in [0.29, 0.717) is 5.92 Å². The van der Waals surface area contributed by atoms with Crippen LogP contribution in [0.15, 0.2) is 24.8 Å². The minimum atomic E-state index is -0.105. The first-order chi connectivity index (χ1) is 5.81. The highest BCUT2D eigenvalue weighted by Gasteiger charge is 2.26. The van der Waals surface area contributed by atoms with E-state index in [0.717, 1.165) is 24.0 Å². The average molecular weight is 161 g/mol. The van der Waals surface area contributed by atoms with E-state index in [1.165, 1.54) is 6.07 Å². The molecule has 1 aliphatic rings. The highest BCUT2D eigenvalue weighted by atomic mass is 19.1. The van der Waals surface area contributed by atoms with Crippen molar-refractivity contribution in [1.29, 1.82) is 0 Å². The van der Waals surface area contributed by atoms with Crippen LogP contribution < -0.4 is 0 Å². The minimum absolute atomic E-state index is 0.105. The van der Waals surface area contributed by atoms with E-state index in [4.69, 9.17) is 0 Å². The molecule has 61 valence electrons. The first-order valence-corrected chi connectivity index (χ1v) is 4.14. The van der Waals surface area contributed by atoms with E-state index in [-0.39, 0.29) is 5.82 Å². The second-order valence-electron chi connectivity index (χ2n) is 3.19. The van der Waals surface area contributed by atoms with Crippen molar-refractivity contribution in [2.75, 3.05) is 0 Å². The van der Waals surface area contributed by atoms with Gasteiger partial charge in [-0.3, -0.25) is 0 Å². The van der Waals surface area contributed by atoms with E-state index in [2.05, 4.69) is 12.7 Å². The van der Waals surface area contributed by atoms with Crippen molar-refractivity contribution in [3.63, 3.8) is 0 Å². The van der Waals surface area contributed by atoms with E-state index >= 15 is 0 Å². The quantitative estimate of drug-likeness (QED) is 0.625. The van der Waals surface area contributed by atoms with Crippen molar-refractivity contribution in [3.05, 3.63) is 47.8 Å². The molecule has 12 heavy (non-hydrogen) atoms. The molecule has 0 saturated heterocycles. The van der Waals surface area contributed by atoms with Gasteiger partial charge >= 0.3 is 0 Å². The van der Waals surface area contributed by atoms with E-state index in [1.807, 2.05) is 12.1 Å². The summed E-state index contributed by atoms with van der Waals surface area (Å²) >= 11 is 0. The van der Waals surface area contributed by atoms with Gasteiger partial charge in [-0.1, -0.05) is 18.7 Å². The summed E-state index contributed by atoms with van der Waals surface area (Å²) in [6.07, 6.45) is 4.93. The fraction of sp³-hybridized carbons (Fsp3) is 0.273. The summed E-state index contributed by atoms with van der Waals surface area (Å²) in [6, 6.07) is 5.21. The Morgan fingerprint density at radius 3 is 2.67 bits per heavy atom. The Kier molecular flexibility index (Phi) is 1.72. The molecule has 1 aromatic rings. The zero-order valence-corrected chi connectivity index (χ0v) is 6.81. The molecular formula is C11H10F. The molecule has 0 aromatic heterocycles. The van der Waals surface area contributed by atoms with E-state index < -0.39 is 0 Å². The molecule has 1 heteroatoms. The molecule has 1 aliphatic carbocycles. The van der Waals surface area contributed by atoms with Crippen LogP contribution in [-0.2, 0) is 0 Å². The SMILES string of the molecule is C=[C]c1ccc(C2CC2)c(F)c1. The van der Waals surface area contributed by atoms with E-state index in [1.54, 1.807) is 0 Å². The summed E-state index contributed by atoms with van der Waals surface area (Å²) in [5.74, 6) is 0.370. The van der Waals surface area contributed by atoms with Crippen molar-refractivity contribution in [2.24, 2.45) is 0 Å². The van der Waals surface area contributed by atoms with Crippen LogP contribution in [0.5, 0.6) is 0 Å². The van der Waals surface area contributed by atoms with Crippen LogP contribution in [0.1, 0.15) is 29.9 Å². The van der Waals surface area contributed by atoms with Gasteiger partial charge in [-0.2, -0.15) is 0 Å². The molecule has 0 unspecified atom stereocenters. The van der Waals surface area contributed by atoms with Crippen molar-refractivity contribution >= 4 is 0 Å². The number of benzene rings is 1. The summed E-state index contributed by atoms with van der Waals surface area (Å²) in [6.45, 7) is 3.47. The summed E-state index contributed by atoms with van der Waals surface area (Å²) < 4.78 is 13.3. The molecule has 1 aromatic carbocycles. The highest BCUT2D eigenvalue weighted by Crippen LogP contribution is 2.41. The third kappa shape index (κ3) is 1.27. The lowest BCUT2D eigenvalue weighted by Gasteiger charge is -2.00. The van der Waals surface area contributed by atoms with Crippen LogP contribution in [0.4, 0.5) is 4.39 Å². The van der Waals surface area contributed by atoms with Gasteiger partial charge in [0.05, 0.1) is 0 Å². The normalized spacial score (nSPS) is 16.1. The number of halogens is 1. The molecule has 0 heterocycles. The summed E-state index contributed by atoms with van der Waals surface area (Å²) in [5, 5.41) is 0. The van der Waals surface area contributed by atoms with Gasteiger partial charge in [-0.05, 0) is 42.0 Å². The van der Waals surface area contributed by atoms with Crippen molar-refractivity contribution < 1.29 is 4.39 Å². The van der Waals surface area contributed by atoms with Gasteiger partial charge in [-0.25, -0.2) is 4.39 Å². The second-order valence-corrected chi connectivity index (χ2v) is 3.19. The third-order valence-corrected chi connectivity index (χ3v) is 2.22. The molecule has 0 nitrogen and oxygen atoms in total. The van der Waals surface area contributed by atoms with Crippen molar-refractivity contribution in [3.8, 4) is 0 Å². The summed E-state index contributed by atoms with van der Waals surface area (Å²) in [5.41, 5.74) is 1.59. The molecular weight excluding hydrogens is 151 g/mol. The Morgan fingerprint density at radius 2 is 2.17 bits per heavy atom. The number of hydrogen-bond donors (Lipinski definition) is 0. The number of hydrogen-bond acceptors (Lipinski definition) is 0. The lowest BCUT2D eigenvalue weighted by atomic mass is 10.1. The first-order valence-electron chi connectivity index (χ1n) is 4.14. The lowest BCUT2D eigenvalue weighted by Crippen LogP contribution is -1.87. The summed E-state index contributed by atoms with van der Waals surface area (Å²) in [7, 11) is 0. The molecule has 0 bridgehead atoms. The zero-order chi connectivity index (χ0) is 8.55. The van der Waals surface area contributed by atoms with Crippen LogP contribution in [0.3, 0.4) is 0 Å². The Morgan fingerprint density at radius 1 is 1.42 bits per heavy atom. The Labute approximate surface area is 71.7 Å². The molecule has 0 atom stereocenters. The van der Waals surface area contributed by atoms with E-state index in [9.17, 15) is 4.39 Å². The predicted molar refractivity (Wildman–Crippen MR) is 46.3 cm³/mol. The standard InChI is InChI=1S/C11H10F/c1-2-8-3-6-10(9-4-5-9)11(12)7-8/h3,6-7,9H,1,4-5H2. The van der Waals surface area contributed by atoms with Gasteiger partial charge in [0.2, 0.25) is 0 Å². The van der Waals surface area contributed by atoms with Gasteiger partial charge in [0.15, 0.2) is 0 Å². The maximum atomic E-state index is 13.3. The molecule has 0 aliphatic heterocycles. The van der Waals surface area contributed by atoms with Gasteiger partial charge in [0.25, 0.3) is 0 Å². The topological polar surface area (TPSA) is 0 Å². The summed E-state index contributed by atoms with van der Waals surface area (Å²) in [4.78, 5) is 0. The van der Waals surface area contributed by atoms with Gasteiger partial charge < -0.3 is 0 Å². The lowest BCUT2D eigenvalue weighted by molar-refractivity contribution is 0.610. The highest BCUT2D eigenvalue weighted by molar-refractivity contribution is 5.32. The molecule has 0 N–H and O–H groups in total. The Hall–Kier alpha value is -1.11. The molecule has 1 fully saturated rings. The third-order valence-electron chi connectivity index (χ3n) is 2.22. The fourth-order valence-corrected chi connectivity index (χ4v) is 1.36. The smallest absolute Gasteiger partial charge is 0.127 e. The largest absolute Gasteiger partial charge is 0.207 e. The van der Waals surface area contributed by atoms with Gasteiger partial charge in [0.1, 0.15) is 5.82 Å². The molecule has 1 radical (unpaired) electrons. The van der Waals surface area contributed by atoms with Gasteiger partial charge in [0, 0.05) is 0 Å². The second kappa shape index (κ2) is 2.74. The molecule has 0 amide bonds. The van der Waals surface area contributed by atoms with Crippen molar-refractivity contribution in [1.82, 2.24) is 0 Å². The molecule has 1 saturated carbocycles. The van der Waals surface area contributed by atoms with Crippen molar-refractivity contribution in [2.45, 2.75) is 18.8 Å². The monoisotopic (exact) mass is 161 g/mol. The van der Waals surface area contributed by atoms with Crippen LogP contribution in [0.2, 0.25) is 0 Å². The molecule has 2 rings (SSSR count). The maximum Gasteiger partial charge on any atom is 0.127 e. The van der Waals surface area contributed by atoms with Crippen LogP contribution >= 0.6 is 0 Å². The zero-order valence-electron chi connectivity index (χ0n) is 6.81. The molecule has 0 spiro atoms. The van der Waals surface area contributed by atoms with Gasteiger partial charge in [-0.15, -0.1) is 0 Å². The minimum Gasteiger partial charge on any atom is -0.207 e. The Balaban J connectivity index is 2.38. The first kappa shape index (κ1) is 7.53. The van der Waals surface area contributed by atoms with Crippen LogP contribution in [0.25, 0.3) is 0 Å². The maximum absolute atomic E-state index is 13.3. The average Bonchev–Trinajstić information content (AvgIpc) is 2.87. The fourth-order valence-electron chi connectivity index (χ4n) is 1.36. The number of rotatable bonds is 2. The predicted octanol–water partition coefficient (Wildman–Crippen LogP) is 3.04. The van der Waals surface area contributed by atoms with Crippen LogP contribution in [0, 0.1) is 11.9 Å². The van der Waals surface area contributed by atoms with Crippen LogP contribution in [-0.4, -0.2) is 0 Å². The Bertz CT molecular complexity index is 311.